The van der Waals surface area contributed by atoms with Gasteiger partial charge in [0.2, 0.25) is 0 Å². The molecule has 1 heterocycles. The van der Waals surface area contributed by atoms with E-state index in [9.17, 15) is 9.59 Å². The summed E-state index contributed by atoms with van der Waals surface area (Å²) in [7, 11) is 1.71. The van der Waals surface area contributed by atoms with Crippen LogP contribution in [0.5, 0.6) is 0 Å². The molecule has 0 unspecified atom stereocenters. The highest BCUT2D eigenvalue weighted by Gasteiger charge is 2.18. The van der Waals surface area contributed by atoms with Gasteiger partial charge in [-0.1, -0.05) is 17.7 Å². The molecule has 2 rings (SSSR count). The molecule has 0 aliphatic heterocycles. The lowest BCUT2D eigenvalue weighted by molar-refractivity contribution is 0.0698. The second kappa shape index (κ2) is 5.68. The fourth-order valence-electron chi connectivity index (χ4n) is 1.76. The fourth-order valence-corrected chi connectivity index (χ4v) is 2.50. The van der Waals surface area contributed by atoms with Crippen molar-refractivity contribution >= 4 is 45.1 Å². The predicted octanol–water partition coefficient (Wildman–Crippen LogP) is 3.39. The number of carboxylic acids is 1. The van der Waals surface area contributed by atoms with Crippen molar-refractivity contribution < 1.29 is 14.7 Å². The van der Waals surface area contributed by atoms with Crippen LogP contribution in [0.3, 0.4) is 0 Å². The molecule has 0 atom stereocenters. The summed E-state index contributed by atoms with van der Waals surface area (Å²) in [5.74, 6) is -1.59. The summed E-state index contributed by atoms with van der Waals surface area (Å²) in [6, 6.07) is 6.04. The van der Waals surface area contributed by atoms with Gasteiger partial charge in [-0.05, 0) is 34.1 Å². The number of carboxylic acid groups (broad SMARTS) is 1. The minimum absolute atomic E-state index is 0.0564. The van der Waals surface area contributed by atoms with Gasteiger partial charge in [-0.25, -0.2) is 4.79 Å². The summed E-state index contributed by atoms with van der Waals surface area (Å²) in [6.07, 6.45) is 1.72. The molecule has 5 nitrogen and oxygen atoms in total. The number of benzene rings is 1. The third-order valence-electron chi connectivity index (χ3n) is 2.69. The smallest absolute Gasteiger partial charge is 0.337 e. The molecule has 0 bridgehead atoms. The molecule has 1 aromatic heterocycles. The molecule has 20 heavy (non-hydrogen) atoms. The topological polar surface area (TPSA) is 71.3 Å². The van der Waals surface area contributed by atoms with Gasteiger partial charge in [0.1, 0.15) is 5.69 Å². The molecule has 0 saturated carbocycles. The number of carbonyl (C=O) groups excluding carboxylic acids is 1. The maximum atomic E-state index is 12.2. The van der Waals surface area contributed by atoms with Gasteiger partial charge >= 0.3 is 5.97 Å². The van der Waals surface area contributed by atoms with Crippen LogP contribution < -0.4 is 5.32 Å². The van der Waals surface area contributed by atoms with E-state index in [4.69, 9.17) is 16.7 Å². The van der Waals surface area contributed by atoms with E-state index in [2.05, 4.69) is 21.2 Å². The number of nitrogens with zero attached hydrogens (tertiary/aromatic N) is 1. The minimum Gasteiger partial charge on any atom is -0.478 e. The highest BCUT2D eigenvalue weighted by molar-refractivity contribution is 9.10. The SMILES string of the molecule is Cn1cc(Br)cc1C(=O)Nc1c(Cl)cccc1C(=O)O. The molecular weight excluding hydrogens is 348 g/mol. The predicted molar refractivity (Wildman–Crippen MR) is 79.5 cm³/mol. The number of carbonyl (C=O) groups is 2. The quantitative estimate of drug-likeness (QED) is 0.884. The van der Waals surface area contributed by atoms with E-state index in [1.807, 2.05) is 0 Å². The van der Waals surface area contributed by atoms with Gasteiger partial charge in [-0.15, -0.1) is 0 Å². The van der Waals surface area contributed by atoms with Crippen LogP contribution in [0.4, 0.5) is 5.69 Å². The molecule has 104 valence electrons. The second-order valence-electron chi connectivity index (χ2n) is 4.08. The van der Waals surface area contributed by atoms with E-state index in [1.165, 1.54) is 18.2 Å². The summed E-state index contributed by atoms with van der Waals surface area (Å²) >= 11 is 9.22. The number of halogens is 2. The van der Waals surface area contributed by atoms with E-state index >= 15 is 0 Å². The average molecular weight is 358 g/mol. The average Bonchev–Trinajstić information content (AvgIpc) is 2.70. The van der Waals surface area contributed by atoms with Gasteiger partial charge < -0.3 is 15.0 Å². The van der Waals surface area contributed by atoms with Crippen molar-refractivity contribution in [3.05, 3.63) is 51.2 Å². The van der Waals surface area contributed by atoms with Crippen molar-refractivity contribution in [3.63, 3.8) is 0 Å². The lowest BCUT2D eigenvalue weighted by Crippen LogP contribution is -2.17. The Bertz CT molecular complexity index is 697. The van der Waals surface area contributed by atoms with E-state index in [-0.39, 0.29) is 16.3 Å². The molecule has 0 aliphatic rings. The monoisotopic (exact) mass is 356 g/mol. The molecule has 7 heteroatoms. The molecule has 0 fully saturated rings. The van der Waals surface area contributed by atoms with Gasteiger partial charge in [0.05, 0.1) is 16.3 Å². The normalized spacial score (nSPS) is 10.3. The van der Waals surface area contributed by atoms with Crippen molar-refractivity contribution in [1.29, 1.82) is 0 Å². The third kappa shape index (κ3) is 2.86. The maximum Gasteiger partial charge on any atom is 0.337 e. The van der Waals surface area contributed by atoms with Crippen LogP contribution in [0.25, 0.3) is 0 Å². The number of para-hydroxylation sites is 1. The Morgan fingerprint density at radius 2 is 2.10 bits per heavy atom. The standard InChI is InChI=1S/C13H10BrClN2O3/c1-17-6-7(14)5-10(17)12(18)16-11-8(13(19)20)3-2-4-9(11)15/h2-6H,1H3,(H,16,18)(H,19,20). The Morgan fingerprint density at radius 3 is 2.65 bits per heavy atom. The van der Waals surface area contributed by atoms with Gasteiger partial charge in [0.15, 0.2) is 0 Å². The number of aromatic nitrogens is 1. The van der Waals surface area contributed by atoms with Crippen molar-refractivity contribution in [3.8, 4) is 0 Å². The Hall–Kier alpha value is -1.79. The van der Waals surface area contributed by atoms with Gasteiger partial charge in [0, 0.05) is 17.7 Å². The molecule has 2 aromatic rings. The Balaban J connectivity index is 2.37. The van der Waals surface area contributed by atoms with Gasteiger partial charge in [-0.3, -0.25) is 4.79 Å². The van der Waals surface area contributed by atoms with Gasteiger partial charge in [0.25, 0.3) is 5.91 Å². The van der Waals surface area contributed by atoms with Crippen LogP contribution in [0.2, 0.25) is 5.02 Å². The summed E-state index contributed by atoms with van der Waals surface area (Å²) < 4.78 is 2.37. The lowest BCUT2D eigenvalue weighted by Gasteiger charge is -2.10. The van der Waals surface area contributed by atoms with Crippen molar-refractivity contribution in [1.82, 2.24) is 4.57 Å². The van der Waals surface area contributed by atoms with Crippen LogP contribution in [-0.4, -0.2) is 21.6 Å². The number of nitrogens with one attached hydrogen (secondary N) is 1. The molecule has 1 amide bonds. The first kappa shape index (κ1) is 14.6. The largest absolute Gasteiger partial charge is 0.478 e. The minimum atomic E-state index is -1.16. The van der Waals surface area contributed by atoms with Crippen LogP contribution in [0, 0.1) is 0 Å². The zero-order valence-corrected chi connectivity index (χ0v) is 12.7. The second-order valence-corrected chi connectivity index (χ2v) is 5.40. The van der Waals surface area contributed by atoms with E-state index in [1.54, 1.807) is 23.9 Å². The molecular formula is C13H10BrClN2O3. The number of hydrogen-bond acceptors (Lipinski definition) is 2. The Kier molecular flexibility index (Phi) is 4.15. The summed E-state index contributed by atoms with van der Waals surface area (Å²) in [5, 5.41) is 11.8. The first-order chi connectivity index (χ1) is 9.40. The van der Waals surface area contributed by atoms with E-state index < -0.39 is 11.9 Å². The highest BCUT2D eigenvalue weighted by atomic mass is 79.9. The first-order valence-corrected chi connectivity index (χ1v) is 6.72. The first-order valence-electron chi connectivity index (χ1n) is 5.55. The number of aromatic carboxylic acids is 1. The van der Waals surface area contributed by atoms with Crippen molar-refractivity contribution in [2.75, 3.05) is 5.32 Å². The number of hydrogen-bond donors (Lipinski definition) is 2. The Labute approximate surface area is 128 Å². The summed E-state index contributed by atoms with van der Waals surface area (Å²) in [4.78, 5) is 23.3. The van der Waals surface area contributed by atoms with Crippen LogP contribution in [-0.2, 0) is 7.05 Å². The summed E-state index contributed by atoms with van der Waals surface area (Å²) in [6.45, 7) is 0. The third-order valence-corrected chi connectivity index (χ3v) is 3.44. The zero-order chi connectivity index (χ0) is 14.9. The maximum absolute atomic E-state index is 12.2. The molecule has 2 N–H and O–H groups in total. The lowest BCUT2D eigenvalue weighted by atomic mass is 10.1. The number of anilines is 1. The van der Waals surface area contributed by atoms with Crippen LogP contribution in [0.15, 0.2) is 34.9 Å². The number of aryl methyl sites for hydroxylation is 1. The van der Waals surface area contributed by atoms with Crippen molar-refractivity contribution in [2.45, 2.75) is 0 Å². The van der Waals surface area contributed by atoms with E-state index in [0.717, 1.165) is 4.47 Å². The molecule has 1 aromatic carbocycles. The molecule has 0 radical (unpaired) electrons. The number of rotatable bonds is 3. The van der Waals surface area contributed by atoms with Crippen LogP contribution >= 0.6 is 27.5 Å². The van der Waals surface area contributed by atoms with Gasteiger partial charge in [-0.2, -0.15) is 0 Å². The van der Waals surface area contributed by atoms with Crippen molar-refractivity contribution in [2.24, 2.45) is 7.05 Å². The van der Waals surface area contributed by atoms with Crippen LogP contribution in [0.1, 0.15) is 20.8 Å². The van der Waals surface area contributed by atoms with E-state index in [0.29, 0.717) is 5.69 Å². The molecule has 0 aliphatic carbocycles. The fraction of sp³-hybridized carbons (Fsp3) is 0.0769. The Morgan fingerprint density at radius 1 is 1.40 bits per heavy atom. The zero-order valence-electron chi connectivity index (χ0n) is 10.4. The molecule has 0 saturated heterocycles. The summed E-state index contributed by atoms with van der Waals surface area (Å²) in [5.41, 5.74) is 0.413. The highest BCUT2D eigenvalue weighted by Crippen LogP contribution is 2.27. The molecule has 0 spiro atoms. The number of amides is 1.